The number of ketones is 1. The van der Waals surface area contributed by atoms with Crippen molar-refractivity contribution < 1.29 is 9.18 Å². The average molecular weight is 165 g/mol. The molecule has 0 unspecified atom stereocenters. The van der Waals surface area contributed by atoms with E-state index in [4.69, 9.17) is 0 Å². The van der Waals surface area contributed by atoms with Crippen molar-refractivity contribution in [3.8, 4) is 0 Å². The Bertz CT molecular complexity index is 320. The van der Waals surface area contributed by atoms with Crippen molar-refractivity contribution in [3.63, 3.8) is 0 Å². The first-order valence-electron chi connectivity index (χ1n) is 3.93. The smallest absolute Gasteiger partial charge is 0.168 e. The summed E-state index contributed by atoms with van der Waals surface area (Å²) in [6.45, 7) is 0. The number of carbonyl (C=O) groups excluding carboxylic acids is 1. The summed E-state index contributed by atoms with van der Waals surface area (Å²) in [6, 6.07) is 1.44. The third-order valence-electron chi connectivity index (χ3n) is 1.99. The van der Waals surface area contributed by atoms with Crippen molar-refractivity contribution in [2.45, 2.75) is 12.8 Å². The van der Waals surface area contributed by atoms with Crippen LogP contribution < -0.4 is 0 Å². The molecule has 2 rings (SSSR count). The highest BCUT2D eigenvalue weighted by Crippen LogP contribution is 2.32. The average Bonchev–Trinajstić information content (AvgIpc) is 2.86. The first-order chi connectivity index (χ1) is 5.79. The predicted octanol–water partition coefficient (Wildman–Crippen LogP) is 1.81. The molecule has 0 N–H and O–H groups in total. The highest BCUT2D eigenvalue weighted by atomic mass is 19.1. The van der Waals surface area contributed by atoms with Gasteiger partial charge in [0.1, 0.15) is 0 Å². The summed E-state index contributed by atoms with van der Waals surface area (Å²) in [5.41, 5.74) is 0.188. The van der Waals surface area contributed by atoms with Crippen molar-refractivity contribution >= 4 is 5.78 Å². The Balaban J connectivity index is 2.32. The van der Waals surface area contributed by atoms with Crippen LogP contribution in [0.25, 0.3) is 0 Å². The Morgan fingerprint density at radius 2 is 2.33 bits per heavy atom. The van der Waals surface area contributed by atoms with E-state index >= 15 is 0 Å². The van der Waals surface area contributed by atoms with Crippen LogP contribution in [0.15, 0.2) is 18.5 Å². The van der Waals surface area contributed by atoms with Gasteiger partial charge in [0.15, 0.2) is 11.6 Å². The van der Waals surface area contributed by atoms with Crippen molar-refractivity contribution in [2.75, 3.05) is 0 Å². The number of halogens is 1. The van der Waals surface area contributed by atoms with Crippen LogP contribution in [0.5, 0.6) is 0 Å². The minimum Gasteiger partial charge on any atom is -0.294 e. The summed E-state index contributed by atoms with van der Waals surface area (Å²) >= 11 is 0. The van der Waals surface area contributed by atoms with Crippen LogP contribution in [0.1, 0.15) is 23.2 Å². The highest BCUT2D eigenvalue weighted by molar-refractivity contribution is 5.99. The summed E-state index contributed by atoms with van der Waals surface area (Å²) in [5.74, 6) is -0.508. The number of hydrogen-bond donors (Lipinski definition) is 0. The molecule has 1 aliphatic carbocycles. The molecule has 0 amide bonds. The molecule has 0 aliphatic heterocycles. The lowest BCUT2D eigenvalue weighted by atomic mass is 10.1. The number of carbonyl (C=O) groups is 1. The van der Waals surface area contributed by atoms with Gasteiger partial charge in [-0.05, 0) is 18.9 Å². The van der Waals surface area contributed by atoms with E-state index in [0.717, 1.165) is 19.0 Å². The van der Waals surface area contributed by atoms with Gasteiger partial charge in [-0.3, -0.25) is 9.78 Å². The summed E-state index contributed by atoms with van der Waals surface area (Å²) in [4.78, 5) is 14.9. The fourth-order valence-electron chi connectivity index (χ4n) is 1.14. The SMILES string of the molecule is O=C(c1ccncc1F)C1CC1. The predicted molar refractivity (Wildman–Crippen MR) is 41.2 cm³/mol. The number of Topliss-reactive ketones (excluding diaryl/α,β-unsaturated/α-hetero) is 1. The molecule has 1 aliphatic rings. The van der Waals surface area contributed by atoms with Gasteiger partial charge in [-0.2, -0.15) is 0 Å². The highest BCUT2D eigenvalue weighted by Gasteiger charge is 2.31. The number of aromatic nitrogens is 1. The molecule has 1 aromatic heterocycles. The number of nitrogens with zero attached hydrogens (tertiary/aromatic N) is 1. The molecule has 0 radical (unpaired) electrons. The van der Waals surface area contributed by atoms with Crippen LogP contribution in [0.2, 0.25) is 0 Å². The van der Waals surface area contributed by atoms with E-state index in [-0.39, 0.29) is 17.3 Å². The minimum absolute atomic E-state index is 0.0712. The molecule has 0 bridgehead atoms. The van der Waals surface area contributed by atoms with Crippen LogP contribution in [-0.2, 0) is 0 Å². The maximum absolute atomic E-state index is 12.9. The lowest BCUT2D eigenvalue weighted by Crippen LogP contribution is -2.04. The normalized spacial score (nSPS) is 16.1. The Morgan fingerprint density at radius 3 is 2.92 bits per heavy atom. The van der Waals surface area contributed by atoms with Crippen molar-refractivity contribution in [3.05, 3.63) is 29.8 Å². The zero-order valence-electron chi connectivity index (χ0n) is 6.46. The standard InChI is InChI=1S/C9H8FNO/c10-8-5-11-4-3-7(8)9(12)6-1-2-6/h3-6H,1-2H2. The quantitative estimate of drug-likeness (QED) is 0.625. The molecule has 1 heterocycles. The van der Waals surface area contributed by atoms with E-state index in [9.17, 15) is 9.18 Å². The molecule has 2 nitrogen and oxygen atoms in total. The molecule has 12 heavy (non-hydrogen) atoms. The molecule has 3 heteroatoms. The molecule has 1 fully saturated rings. The molecule has 0 spiro atoms. The van der Waals surface area contributed by atoms with Crippen LogP contribution >= 0.6 is 0 Å². The Labute approximate surface area is 69.4 Å². The second-order valence-corrected chi connectivity index (χ2v) is 2.99. The topological polar surface area (TPSA) is 30.0 Å². The van der Waals surface area contributed by atoms with E-state index in [0.29, 0.717) is 0 Å². The van der Waals surface area contributed by atoms with Crippen LogP contribution in [0.3, 0.4) is 0 Å². The van der Waals surface area contributed by atoms with Crippen molar-refractivity contribution in [2.24, 2.45) is 5.92 Å². The third-order valence-corrected chi connectivity index (χ3v) is 1.99. The van der Waals surface area contributed by atoms with Crippen molar-refractivity contribution in [1.29, 1.82) is 0 Å². The van der Waals surface area contributed by atoms with E-state index in [1.807, 2.05) is 0 Å². The molecular weight excluding hydrogens is 157 g/mol. The van der Waals surface area contributed by atoms with Crippen LogP contribution in [0, 0.1) is 11.7 Å². The fourth-order valence-corrected chi connectivity index (χ4v) is 1.14. The lowest BCUT2D eigenvalue weighted by Gasteiger charge is -1.98. The van der Waals surface area contributed by atoms with E-state index < -0.39 is 5.82 Å². The molecule has 1 aromatic rings. The monoisotopic (exact) mass is 165 g/mol. The summed E-state index contributed by atoms with van der Waals surface area (Å²) in [6.07, 6.45) is 4.33. The largest absolute Gasteiger partial charge is 0.294 e. The number of hydrogen-bond acceptors (Lipinski definition) is 2. The third kappa shape index (κ3) is 1.22. The first-order valence-corrected chi connectivity index (χ1v) is 3.93. The maximum Gasteiger partial charge on any atom is 0.168 e. The summed E-state index contributed by atoms with van der Waals surface area (Å²) < 4.78 is 12.9. The summed E-state index contributed by atoms with van der Waals surface area (Å²) in [7, 11) is 0. The van der Waals surface area contributed by atoms with Gasteiger partial charge in [0.05, 0.1) is 11.8 Å². The van der Waals surface area contributed by atoms with E-state index in [2.05, 4.69) is 4.98 Å². The minimum atomic E-state index is -0.505. The maximum atomic E-state index is 12.9. The number of rotatable bonds is 2. The Hall–Kier alpha value is -1.25. The fraction of sp³-hybridized carbons (Fsp3) is 0.333. The van der Waals surface area contributed by atoms with Gasteiger partial charge in [-0.25, -0.2) is 4.39 Å². The Morgan fingerprint density at radius 1 is 1.58 bits per heavy atom. The van der Waals surface area contributed by atoms with E-state index in [1.54, 1.807) is 0 Å². The molecule has 0 aromatic carbocycles. The zero-order chi connectivity index (χ0) is 8.55. The Kier molecular flexibility index (Phi) is 1.64. The lowest BCUT2D eigenvalue weighted by molar-refractivity contribution is 0.0963. The van der Waals surface area contributed by atoms with Gasteiger partial charge in [0.2, 0.25) is 0 Å². The van der Waals surface area contributed by atoms with Gasteiger partial charge in [-0.1, -0.05) is 0 Å². The molecule has 1 saturated carbocycles. The van der Waals surface area contributed by atoms with Gasteiger partial charge >= 0.3 is 0 Å². The molecule has 0 atom stereocenters. The van der Waals surface area contributed by atoms with Gasteiger partial charge in [0.25, 0.3) is 0 Å². The first kappa shape index (κ1) is 7.40. The van der Waals surface area contributed by atoms with E-state index in [1.165, 1.54) is 12.3 Å². The van der Waals surface area contributed by atoms with Gasteiger partial charge in [-0.15, -0.1) is 0 Å². The van der Waals surface area contributed by atoms with Crippen LogP contribution in [-0.4, -0.2) is 10.8 Å². The second-order valence-electron chi connectivity index (χ2n) is 2.99. The summed E-state index contributed by atoms with van der Waals surface area (Å²) in [5, 5.41) is 0. The molecule has 0 saturated heterocycles. The van der Waals surface area contributed by atoms with Gasteiger partial charge < -0.3 is 0 Å². The second kappa shape index (κ2) is 2.66. The van der Waals surface area contributed by atoms with Gasteiger partial charge in [0, 0.05) is 12.1 Å². The molecule has 62 valence electrons. The number of pyridine rings is 1. The van der Waals surface area contributed by atoms with Crippen molar-refractivity contribution in [1.82, 2.24) is 4.98 Å². The molecular formula is C9H8FNO. The zero-order valence-corrected chi connectivity index (χ0v) is 6.46. The van der Waals surface area contributed by atoms with Crippen LogP contribution in [0.4, 0.5) is 4.39 Å².